The average molecular weight is 556 g/mol. The van der Waals surface area contributed by atoms with Gasteiger partial charge in [0, 0.05) is 33.5 Å². The van der Waals surface area contributed by atoms with Crippen molar-refractivity contribution in [3.8, 4) is 22.6 Å². The summed E-state index contributed by atoms with van der Waals surface area (Å²) in [6.07, 6.45) is 0. The minimum Gasteiger partial charge on any atom is -0.495 e. The number of fused-ring (bicyclic) bond motifs is 1. The van der Waals surface area contributed by atoms with Gasteiger partial charge >= 0.3 is 0 Å². The van der Waals surface area contributed by atoms with E-state index in [-0.39, 0.29) is 27.7 Å². The predicted octanol–water partition coefficient (Wildman–Crippen LogP) is 6.02. The van der Waals surface area contributed by atoms with E-state index in [1.165, 1.54) is 71.0 Å². The van der Waals surface area contributed by atoms with Crippen LogP contribution in [0.3, 0.4) is 0 Å². The fraction of sp³-hybridized carbons (Fsp3) is 0.0769. The Balaban J connectivity index is 1.64. The van der Waals surface area contributed by atoms with Crippen molar-refractivity contribution < 1.29 is 17.5 Å². The number of aromatic nitrogens is 2. The second-order valence-corrected chi connectivity index (χ2v) is 11.0. The molecule has 3 aromatic carbocycles. The smallest absolute Gasteiger partial charge is 0.263 e. The molecular weight excluding hydrogens is 537 g/mol. The molecule has 5 rings (SSSR count). The van der Waals surface area contributed by atoms with E-state index in [0.29, 0.717) is 21.5 Å². The van der Waals surface area contributed by atoms with E-state index in [4.69, 9.17) is 16.3 Å². The Morgan fingerprint density at radius 2 is 1.89 bits per heavy atom. The van der Waals surface area contributed by atoms with Crippen LogP contribution in [-0.2, 0) is 10.0 Å². The monoisotopic (exact) mass is 555 g/mol. The van der Waals surface area contributed by atoms with Gasteiger partial charge in [-0.05, 0) is 60.5 Å². The molecule has 0 unspecified atom stereocenters. The third-order valence-corrected chi connectivity index (χ3v) is 8.19. The van der Waals surface area contributed by atoms with Crippen LogP contribution >= 0.6 is 22.9 Å². The van der Waals surface area contributed by atoms with Gasteiger partial charge in [-0.1, -0.05) is 17.7 Å². The molecule has 0 radical (unpaired) electrons. The van der Waals surface area contributed by atoms with Crippen LogP contribution in [0.15, 0.2) is 81.2 Å². The maximum Gasteiger partial charge on any atom is 0.263 e. The van der Waals surface area contributed by atoms with Gasteiger partial charge in [0.25, 0.3) is 15.6 Å². The van der Waals surface area contributed by atoms with Gasteiger partial charge in [0.05, 0.1) is 28.7 Å². The lowest BCUT2D eigenvalue weighted by molar-refractivity contribution is 0.412. The molecule has 0 atom stereocenters. The number of methoxy groups -OCH3 is 1. The SMILES string of the molecule is COc1cc(-c2ccc(Cl)c(C)c2)c(F)cc1-n1c(=O)ccc2cc(S(=O)(=O)Nc3cscn3)ccc21. The van der Waals surface area contributed by atoms with Crippen LogP contribution in [0.4, 0.5) is 10.2 Å². The quantitative estimate of drug-likeness (QED) is 0.276. The molecule has 0 spiro atoms. The van der Waals surface area contributed by atoms with Crippen molar-refractivity contribution in [3.63, 3.8) is 0 Å². The number of nitrogens with zero attached hydrogens (tertiary/aromatic N) is 2. The summed E-state index contributed by atoms with van der Waals surface area (Å²) in [4.78, 5) is 16.9. The molecule has 188 valence electrons. The Morgan fingerprint density at radius 1 is 1.08 bits per heavy atom. The summed E-state index contributed by atoms with van der Waals surface area (Å²) in [7, 11) is -2.48. The third kappa shape index (κ3) is 4.71. The number of benzene rings is 3. The van der Waals surface area contributed by atoms with Gasteiger partial charge in [0.1, 0.15) is 11.6 Å². The lowest BCUT2D eigenvalue weighted by atomic mass is 10.0. The van der Waals surface area contributed by atoms with E-state index in [0.717, 1.165) is 5.56 Å². The molecular formula is C26H19ClFN3O4S2. The topological polar surface area (TPSA) is 90.3 Å². The Hall–Kier alpha value is -3.73. The normalized spacial score (nSPS) is 11.6. The summed E-state index contributed by atoms with van der Waals surface area (Å²) in [6.45, 7) is 1.83. The number of thiazole rings is 1. The highest BCUT2D eigenvalue weighted by Crippen LogP contribution is 2.35. The van der Waals surface area contributed by atoms with Crippen LogP contribution < -0.4 is 15.0 Å². The first-order valence-corrected chi connectivity index (χ1v) is 13.7. The maximum absolute atomic E-state index is 15.4. The maximum atomic E-state index is 15.4. The highest BCUT2D eigenvalue weighted by atomic mass is 35.5. The van der Waals surface area contributed by atoms with Crippen molar-refractivity contribution >= 4 is 49.7 Å². The molecule has 0 saturated heterocycles. The molecule has 5 aromatic rings. The standard InChI is InChI=1S/C26H19ClFN3O4S2/c1-15-9-16(3-6-20(15)27)19-11-24(35-2)23(12-21(19)28)31-22-7-5-18(10-17(22)4-8-26(31)32)37(33,34)30-25-13-36-14-29-25/h3-14,30H,1-2H3. The van der Waals surface area contributed by atoms with Crippen LogP contribution in [0, 0.1) is 12.7 Å². The summed E-state index contributed by atoms with van der Waals surface area (Å²) in [5.41, 5.74) is 3.34. The van der Waals surface area contributed by atoms with Crippen LogP contribution in [0.5, 0.6) is 5.75 Å². The molecule has 7 nitrogen and oxygen atoms in total. The zero-order valence-electron chi connectivity index (χ0n) is 19.5. The zero-order valence-corrected chi connectivity index (χ0v) is 21.9. The average Bonchev–Trinajstić information content (AvgIpc) is 3.37. The number of aryl methyl sites for hydroxylation is 1. The number of hydrogen-bond acceptors (Lipinski definition) is 6. The molecule has 2 aromatic heterocycles. The molecule has 2 heterocycles. The van der Waals surface area contributed by atoms with Crippen LogP contribution in [-0.4, -0.2) is 25.1 Å². The number of ether oxygens (including phenoxy) is 1. The predicted molar refractivity (Wildman–Crippen MR) is 144 cm³/mol. The van der Waals surface area contributed by atoms with Crippen LogP contribution in [0.1, 0.15) is 5.56 Å². The Kier molecular flexibility index (Phi) is 6.49. The van der Waals surface area contributed by atoms with E-state index in [2.05, 4.69) is 9.71 Å². The summed E-state index contributed by atoms with van der Waals surface area (Å²) >= 11 is 7.38. The fourth-order valence-electron chi connectivity index (χ4n) is 4.01. The van der Waals surface area contributed by atoms with Crippen LogP contribution in [0.2, 0.25) is 5.02 Å². The molecule has 37 heavy (non-hydrogen) atoms. The number of anilines is 1. The molecule has 0 amide bonds. The first-order chi connectivity index (χ1) is 17.7. The number of nitrogens with one attached hydrogen (secondary N) is 1. The van der Waals surface area contributed by atoms with Crippen molar-refractivity contribution in [2.45, 2.75) is 11.8 Å². The molecule has 0 saturated carbocycles. The highest BCUT2D eigenvalue weighted by Gasteiger charge is 2.19. The van der Waals surface area contributed by atoms with E-state index >= 15 is 4.39 Å². The molecule has 0 aliphatic rings. The number of pyridine rings is 1. The van der Waals surface area contributed by atoms with E-state index in [9.17, 15) is 13.2 Å². The summed E-state index contributed by atoms with van der Waals surface area (Å²) < 4.78 is 50.3. The first kappa shape index (κ1) is 24.9. The number of sulfonamides is 1. The van der Waals surface area contributed by atoms with Gasteiger partial charge in [0.15, 0.2) is 5.82 Å². The summed E-state index contributed by atoms with van der Waals surface area (Å²) in [6, 6.07) is 15.0. The van der Waals surface area contributed by atoms with E-state index in [1.54, 1.807) is 23.6 Å². The summed E-state index contributed by atoms with van der Waals surface area (Å²) in [5.74, 6) is -0.0835. The van der Waals surface area contributed by atoms with Gasteiger partial charge in [-0.3, -0.25) is 14.1 Å². The lowest BCUT2D eigenvalue weighted by Gasteiger charge is -2.17. The number of halogens is 2. The molecule has 0 fully saturated rings. The summed E-state index contributed by atoms with van der Waals surface area (Å²) in [5, 5.41) is 2.60. The van der Waals surface area contributed by atoms with E-state index in [1.807, 2.05) is 6.92 Å². The number of rotatable bonds is 6. The molecule has 11 heteroatoms. The van der Waals surface area contributed by atoms with Crippen molar-refractivity contribution in [2.24, 2.45) is 0 Å². The first-order valence-electron chi connectivity index (χ1n) is 10.9. The van der Waals surface area contributed by atoms with Gasteiger partial charge in [-0.25, -0.2) is 17.8 Å². The second kappa shape index (κ2) is 9.62. The van der Waals surface area contributed by atoms with Crippen molar-refractivity contribution in [1.82, 2.24) is 9.55 Å². The molecule has 1 N–H and O–H groups in total. The minimum absolute atomic E-state index is 0.00944. The van der Waals surface area contributed by atoms with Gasteiger partial charge in [-0.15, -0.1) is 11.3 Å². The van der Waals surface area contributed by atoms with Gasteiger partial charge < -0.3 is 4.74 Å². The van der Waals surface area contributed by atoms with Crippen molar-refractivity contribution in [1.29, 1.82) is 0 Å². The van der Waals surface area contributed by atoms with Gasteiger partial charge in [0.2, 0.25) is 0 Å². The number of hydrogen-bond donors (Lipinski definition) is 1. The molecule has 0 aliphatic carbocycles. The molecule has 0 bridgehead atoms. The highest BCUT2D eigenvalue weighted by molar-refractivity contribution is 7.92. The largest absolute Gasteiger partial charge is 0.495 e. The zero-order chi connectivity index (χ0) is 26.3. The Labute approximate surface area is 220 Å². The lowest BCUT2D eigenvalue weighted by Crippen LogP contribution is -2.19. The minimum atomic E-state index is -3.91. The van der Waals surface area contributed by atoms with Gasteiger partial charge in [-0.2, -0.15) is 0 Å². The van der Waals surface area contributed by atoms with Crippen molar-refractivity contribution in [2.75, 3.05) is 11.8 Å². The van der Waals surface area contributed by atoms with Crippen LogP contribution in [0.25, 0.3) is 27.7 Å². The van der Waals surface area contributed by atoms with Crippen molar-refractivity contribution in [3.05, 3.63) is 98.3 Å². The Bertz CT molecular complexity index is 1820. The molecule has 0 aliphatic heterocycles. The Morgan fingerprint density at radius 3 is 2.59 bits per heavy atom. The fourth-order valence-corrected chi connectivity index (χ4v) is 5.72. The second-order valence-electron chi connectivity index (χ2n) is 8.17. The van der Waals surface area contributed by atoms with E-state index < -0.39 is 21.4 Å². The third-order valence-electron chi connectivity index (χ3n) is 5.83.